The Bertz CT molecular complexity index is 453. The second kappa shape index (κ2) is 6.78. The lowest BCUT2D eigenvalue weighted by Gasteiger charge is -2.07. The third kappa shape index (κ3) is 4.20. The highest BCUT2D eigenvalue weighted by Crippen LogP contribution is 2.24. The van der Waals surface area contributed by atoms with Crippen molar-refractivity contribution in [3.05, 3.63) is 27.7 Å². The average Bonchev–Trinajstić information content (AvgIpc) is 2.18. The number of sulfonamides is 1. The molecule has 8 heteroatoms. The number of nitrogens with two attached hydrogens (primary N) is 1. The Morgan fingerprint density at radius 3 is 2.62 bits per heavy atom. The maximum atomic E-state index is 11.7. The van der Waals surface area contributed by atoms with Gasteiger partial charge < -0.3 is 5.73 Å². The largest absolute Gasteiger partial charge is 0.329 e. The Kier molecular flexibility index (Phi) is 6.84. The molecule has 1 aromatic carbocycles. The molecule has 0 fully saturated rings. The standard InChI is InChI=1S/C8H10BrClN2O2S.ClH/c9-6-1-2-7(10)8(5-6)15(13,14)12-4-3-11;/h1-2,5,12H,3-4,11H2;1H. The number of benzene rings is 1. The minimum Gasteiger partial charge on any atom is -0.329 e. The first-order valence-corrected chi connectivity index (χ1v) is 6.77. The summed E-state index contributed by atoms with van der Waals surface area (Å²) in [5, 5.41) is 0.183. The molecule has 0 aliphatic heterocycles. The van der Waals surface area contributed by atoms with Crippen LogP contribution in [0.3, 0.4) is 0 Å². The summed E-state index contributed by atoms with van der Waals surface area (Å²) in [7, 11) is -3.57. The molecule has 3 N–H and O–H groups in total. The molecule has 0 atom stereocenters. The van der Waals surface area contributed by atoms with Crippen LogP contribution < -0.4 is 10.5 Å². The van der Waals surface area contributed by atoms with Crippen LogP contribution >= 0.6 is 39.9 Å². The monoisotopic (exact) mass is 348 g/mol. The Hall–Kier alpha value is 0.150. The molecule has 1 aromatic rings. The van der Waals surface area contributed by atoms with E-state index in [4.69, 9.17) is 17.3 Å². The molecule has 0 heterocycles. The Labute approximate surface area is 114 Å². The quantitative estimate of drug-likeness (QED) is 0.869. The van der Waals surface area contributed by atoms with Crippen LogP contribution in [0.2, 0.25) is 5.02 Å². The Morgan fingerprint density at radius 2 is 2.06 bits per heavy atom. The van der Waals surface area contributed by atoms with Gasteiger partial charge in [-0.2, -0.15) is 0 Å². The maximum Gasteiger partial charge on any atom is 0.242 e. The highest BCUT2D eigenvalue weighted by atomic mass is 79.9. The lowest BCUT2D eigenvalue weighted by atomic mass is 10.4. The van der Waals surface area contributed by atoms with E-state index in [2.05, 4.69) is 20.7 Å². The second-order valence-electron chi connectivity index (χ2n) is 2.76. The van der Waals surface area contributed by atoms with E-state index >= 15 is 0 Å². The molecule has 0 bridgehead atoms. The van der Waals surface area contributed by atoms with Crippen LogP contribution in [0.4, 0.5) is 0 Å². The predicted octanol–water partition coefficient (Wildman–Crippen LogP) is 1.76. The van der Waals surface area contributed by atoms with Crippen molar-refractivity contribution < 1.29 is 8.42 Å². The smallest absolute Gasteiger partial charge is 0.242 e. The Morgan fingerprint density at radius 1 is 1.44 bits per heavy atom. The van der Waals surface area contributed by atoms with E-state index in [0.29, 0.717) is 4.47 Å². The summed E-state index contributed by atoms with van der Waals surface area (Å²) in [5.41, 5.74) is 5.21. The molecule has 92 valence electrons. The van der Waals surface area contributed by atoms with E-state index in [-0.39, 0.29) is 35.4 Å². The molecule has 0 spiro atoms. The summed E-state index contributed by atoms with van der Waals surface area (Å²) in [4.78, 5) is 0.0481. The van der Waals surface area contributed by atoms with E-state index in [1.54, 1.807) is 6.07 Å². The number of hydrogen-bond acceptors (Lipinski definition) is 3. The van der Waals surface area contributed by atoms with Gasteiger partial charge in [-0.05, 0) is 18.2 Å². The van der Waals surface area contributed by atoms with Gasteiger partial charge in [-0.3, -0.25) is 0 Å². The van der Waals surface area contributed by atoms with Crippen molar-refractivity contribution in [2.75, 3.05) is 13.1 Å². The molecule has 0 amide bonds. The van der Waals surface area contributed by atoms with Gasteiger partial charge in [0.05, 0.1) is 5.02 Å². The molecule has 1 rings (SSSR count). The van der Waals surface area contributed by atoms with Gasteiger partial charge in [0.1, 0.15) is 4.90 Å². The highest BCUT2D eigenvalue weighted by Gasteiger charge is 2.17. The van der Waals surface area contributed by atoms with E-state index in [0.717, 1.165) is 0 Å². The van der Waals surface area contributed by atoms with Gasteiger partial charge in [-0.1, -0.05) is 27.5 Å². The lowest BCUT2D eigenvalue weighted by Crippen LogP contribution is -2.29. The zero-order valence-corrected chi connectivity index (χ0v) is 12.1. The molecule has 16 heavy (non-hydrogen) atoms. The van der Waals surface area contributed by atoms with Gasteiger partial charge in [-0.25, -0.2) is 13.1 Å². The van der Waals surface area contributed by atoms with Crippen LogP contribution in [0.15, 0.2) is 27.6 Å². The first-order chi connectivity index (χ1) is 6.97. The van der Waals surface area contributed by atoms with Gasteiger partial charge in [0.15, 0.2) is 0 Å². The number of halogens is 3. The van der Waals surface area contributed by atoms with E-state index in [9.17, 15) is 8.42 Å². The van der Waals surface area contributed by atoms with Crippen LogP contribution in [-0.4, -0.2) is 21.5 Å². The van der Waals surface area contributed by atoms with Crippen molar-refractivity contribution in [2.24, 2.45) is 5.73 Å². The summed E-state index contributed by atoms with van der Waals surface area (Å²) < 4.78 is 26.4. The number of nitrogens with one attached hydrogen (secondary N) is 1. The number of rotatable bonds is 4. The van der Waals surface area contributed by atoms with Crippen LogP contribution in [-0.2, 0) is 10.0 Å². The molecule has 0 radical (unpaired) electrons. The van der Waals surface area contributed by atoms with Crippen LogP contribution in [0, 0.1) is 0 Å². The van der Waals surface area contributed by atoms with Gasteiger partial charge in [0.25, 0.3) is 0 Å². The fourth-order valence-electron chi connectivity index (χ4n) is 0.954. The summed E-state index contributed by atoms with van der Waals surface area (Å²) in [6, 6.07) is 4.63. The summed E-state index contributed by atoms with van der Waals surface area (Å²) in [6.45, 7) is 0.427. The molecule has 0 aliphatic rings. The molecular weight excluding hydrogens is 339 g/mol. The third-order valence-electron chi connectivity index (χ3n) is 1.62. The van der Waals surface area contributed by atoms with Crippen molar-refractivity contribution in [1.29, 1.82) is 0 Å². The second-order valence-corrected chi connectivity index (χ2v) is 5.82. The van der Waals surface area contributed by atoms with Crippen molar-refractivity contribution in [1.82, 2.24) is 4.72 Å². The van der Waals surface area contributed by atoms with E-state index in [1.165, 1.54) is 12.1 Å². The van der Waals surface area contributed by atoms with Gasteiger partial charge in [0, 0.05) is 17.6 Å². The number of hydrogen-bond donors (Lipinski definition) is 2. The summed E-state index contributed by atoms with van der Waals surface area (Å²) >= 11 is 8.97. The fraction of sp³-hybridized carbons (Fsp3) is 0.250. The fourth-order valence-corrected chi connectivity index (χ4v) is 3.04. The molecule has 0 aliphatic carbocycles. The first kappa shape index (κ1) is 16.1. The molecule has 0 unspecified atom stereocenters. The predicted molar refractivity (Wildman–Crippen MR) is 70.6 cm³/mol. The lowest BCUT2D eigenvalue weighted by molar-refractivity contribution is 0.582. The first-order valence-electron chi connectivity index (χ1n) is 4.12. The summed E-state index contributed by atoms with van der Waals surface area (Å²) in [6.07, 6.45) is 0. The van der Waals surface area contributed by atoms with Gasteiger partial charge in [0.2, 0.25) is 10.0 Å². The van der Waals surface area contributed by atoms with E-state index < -0.39 is 10.0 Å². The zero-order valence-electron chi connectivity index (χ0n) is 8.11. The van der Waals surface area contributed by atoms with Gasteiger partial charge in [-0.15, -0.1) is 12.4 Å². The van der Waals surface area contributed by atoms with Gasteiger partial charge >= 0.3 is 0 Å². The minimum absolute atomic E-state index is 0. The van der Waals surface area contributed by atoms with Crippen LogP contribution in [0.25, 0.3) is 0 Å². The normalized spacial score (nSPS) is 10.9. The SMILES string of the molecule is Cl.NCCNS(=O)(=O)c1cc(Br)ccc1Cl. The van der Waals surface area contributed by atoms with Crippen molar-refractivity contribution in [3.63, 3.8) is 0 Å². The molecule has 0 saturated carbocycles. The van der Waals surface area contributed by atoms with Crippen LogP contribution in [0.5, 0.6) is 0 Å². The van der Waals surface area contributed by atoms with Crippen molar-refractivity contribution in [2.45, 2.75) is 4.90 Å². The minimum atomic E-state index is -3.57. The molecular formula is C8H11BrCl2N2O2S. The maximum absolute atomic E-state index is 11.7. The van der Waals surface area contributed by atoms with Crippen molar-refractivity contribution in [3.8, 4) is 0 Å². The summed E-state index contributed by atoms with van der Waals surface area (Å²) in [5.74, 6) is 0. The highest BCUT2D eigenvalue weighted by molar-refractivity contribution is 9.10. The molecule has 4 nitrogen and oxygen atoms in total. The zero-order chi connectivity index (χ0) is 11.5. The third-order valence-corrected chi connectivity index (χ3v) is 4.06. The molecule has 0 aromatic heterocycles. The van der Waals surface area contributed by atoms with E-state index in [1.807, 2.05) is 0 Å². The van der Waals surface area contributed by atoms with Crippen molar-refractivity contribution >= 4 is 50.0 Å². The molecule has 0 saturated heterocycles. The topological polar surface area (TPSA) is 72.2 Å². The Balaban J connectivity index is 0.00000225. The van der Waals surface area contributed by atoms with Crippen LogP contribution in [0.1, 0.15) is 0 Å². The average molecular weight is 350 g/mol.